The molecule has 0 saturated heterocycles. The first kappa shape index (κ1) is 19.3. The molecule has 0 aromatic heterocycles. The molecule has 0 N–H and O–H groups in total. The van der Waals surface area contributed by atoms with Crippen molar-refractivity contribution in [1.29, 1.82) is 0 Å². The molecule has 0 bridgehead atoms. The number of hydrogen-bond acceptors (Lipinski definition) is 2. The lowest BCUT2D eigenvalue weighted by molar-refractivity contribution is -0.116. The van der Waals surface area contributed by atoms with Gasteiger partial charge in [0, 0.05) is 18.2 Å². The minimum atomic E-state index is -0.278. The Kier molecular flexibility index (Phi) is 5.88. The second-order valence-corrected chi connectivity index (χ2v) is 6.44. The fourth-order valence-electron chi connectivity index (χ4n) is 2.88. The van der Waals surface area contributed by atoms with E-state index in [0.29, 0.717) is 22.5 Å². The second kappa shape index (κ2) is 8.51. The molecule has 1 amide bonds. The summed E-state index contributed by atoms with van der Waals surface area (Å²) in [5, 5.41) is 0. The van der Waals surface area contributed by atoms with Crippen LogP contribution in [0.5, 0.6) is 0 Å². The van der Waals surface area contributed by atoms with Crippen LogP contribution in [-0.2, 0) is 4.79 Å². The number of halogens is 1. The van der Waals surface area contributed by atoms with Gasteiger partial charge >= 0.3 is 0 Å². The summed E-state index contributed by atoms with van der Waals surface area (Å²) >= 11 is 5.65. The zero-order valence-corrected chi connectivity index (χ0v) is 16.0. The molecule has 3 rings (SSSR count). The maximum atomic E-state index is 13.0. The van der Waals surface area contributed by atoms with Crippen molar-refractivity contribution >= 4 is 34.7 Å². The molecule has 0 atom stereocenters. The molecule has 4 nitrogen and oxygen atoms in total. The summed E-state index contributed by atoms with van der Waals surface area (Å²) in [4.78, 5) is 29.7. The van der Waals surface area contributed by atoms with Crippen molar-refractivity contribution in [2.45, 2.75) is 0 Å². The SMILES string of the molecule is [C-]#[N+]c1ccc(-c2ccc(C(=O)c3ccccc3N(C)C(=O)CCl)cc2)cc1. The molecular weight excluding hydrogens is 372 g/mol. The number of carbonyl (C=O) groups excluding carboxylic acids is 2. The van der Waals surface area contributed by atoms with Crippen molar-refractivity contribution in [3.05, 3.63) is 95.3 Å². The zero-order chi connectivity index (χ0) is 20.1. The van der Waals surface area contributed by atoms with Crippen LogP contribution in [0, 0.1) is 6.57 Å². The van der Waals surface area contributed by atoms with Crippen LogP contribution >= 0.6 is 11.6 Å². The molecule has 3 aromatic rings. The van der Waals surface area contributed by atoms with Crippen LogP contribution in [0.4, 0.5) is 11.4 Å². The summed E-state index contributed by atoms with van der Waals surface area (Å²) in [6, 6.07) is 21.5. The molecule has 0 spiro atoms. The fourth-order valence-corrected chi connectivity index (χ4v) is 3.06. The summed E-state index contributed by atoms with van der Waals surface area (Å²) in [7, 11) is 1.60. The fraction of sp³-hybridized carbons (Fsp3) is 0.0870. The van der Waals surface area contributed by atoms with Gasteiger partial charge in [-0.1, -0.05) is 60.7 Å². The molecule has 0 aliphatic heterocycles. The van der Waals surface area contributed by atoms with E-state index in [1.54, 1.807) is 55.6 Å². The lowest BCUT2D eigenvalue weighted by atomic mass is 9.98. The second-order valence-electron chi connectivity index (χ2n) is 6.17. The first-order valence-electron chi connectivity index (χ1n) is 8.59. The highest BCUT2D eigenvalue weighted by Gasteiger charge is 2.19. The Hall–Kier alpha value is -3.42. The van der Waals surface area contributed by atoms with Gasteiger partial charge in [0.1, 0.15) is 5.88 Å². The molecule has 138 valence electrons. The minimum absolute atomic E-state index is 0.153. The average molecular weight is 389 g/mol. The van der Waals surface area contributed by atoms with Crippen molar-refractivity contribution in [2.24, 2.45) is 0 Å². The van der Waals surface area contributed by atoms with Gasteiger partial charge in [-0.3, -0.25) is 9.59 Å². The van der Waals surface area contributed by atoms with Gasteiger partial charge in [0.15, 0.2) is 11.5 Å². The molecule has 0 radical (unpaired) electrons. The summed E-state index contributed by atoms with van der Waals surface area (Å²) in [6.45, 7) is 7.02. The zero-order valence-electron chi connectivity index (χ0n) is 15.2. The topological polar surface area (TPSA) is 41.7 Å². The van der Waals surface area contributed by atoms with Crippen molar-refractivity contribution in [3.8, 4) is 11.1 Å². The van der Waals surface area contributed by atoms with E-state index in [4.69, 9.17) is 18.2 Å². The van der Waals surface area contributed by atoms with Crippen molar-refractivity contribution in [1.82, 2.24) is 0 Å². The Labute approximate surface area is 168 Å². The van der Waals surface area contributed by atoms with E-state index in [2.05, 4.69) is 4.85 Å². The molecule has 28 heavy (non-hydrogen) atoms. The number of amides is 1. The first-order valence-corrected chi connectivity index (χ1v) is 9.13. The third-order valence-electron chi connectivity index (χ3n) is 4.48. The maximum absolute atomic E-state index is 13.0. The van der Waals surface area contributed by atoms with E-state index in [1.165, 1.54) is 4.90 Å². The number of ketones is 1. The van der Waals surface area contributed by atoms with Gasteiger partial charge in [-0.25, -0.2) is 4.85 Å². The molecule has 0 fully saturated rings. The number of nitrogens with zero attached hydrogens (tertiary/aromatic N) is 2. The summed E-state index contributed by atoms with van der Waals surface area (Å²) in [6.07, 6.45) is 0. The van der Waals surface area contributed by atoms with Crippen LogP contribution < -0.4 is 4.90 Å². The van der Waals surface area contributed by atoms with Crippen LogP contribution in [0.15, 0.2) is 72.8 Å². The monoisotopic (exact) mass is 388 g/mol. The molecule has 0 unspecified atom stereocenters. The number of anilines is 1. The van der Waals surface area contributed by atoms with Crippen LogP contribution in [-0.4, -0.2) is 24.6 Å². The number of alkyl halides is 1. The predicted octanol–water partition coefficient (Wildman–Crippen LogP) is 5.34. The Balaban J connectivity index is 1.90. The van der Waals surface area contributed by atoms with Gasteiger partial charge in [0.25, 0.3) is 0 Å². The summed E-state index contributed by atoms with van der Waals surface area (Å²) < 4.78 is 0. The van der Waals surface area contributed by atoms with Gasteiger partial charge in [-0.15, -0.1) is 11.6 Å². The van der Waals surface area contributed by atoms with E-state index in [0.717, 1.165) is 11.1 Å². The van der Waals surface area contributed by atoms with Crippen LogP contribution in [0.3, 0.4) is 0 Å². The third kappa shape index (κ3) is 3.95. The standard InChI is InChI=1S/C23H17ClN2O2/c1-25-19-13-11-17(12-14-19)16-7-9-18(10-8-16)23(28)20-5-3-4-6-21(20)26(2)22(27)15-24/h3-14H,15H2,2H3. The highest BCUT2D eigenvalue weighted by atomic mass is 35.5. The Morgan fingerprint density at radius 3 is 2.07 bits per heavy atom. The smallest absolute Gasteiger partial charge is 0.241 e. The largest absolute Gasteiger partial charge is 0.314 e. The van der Waals surface area contributed by atoms with Gasteiger partial charge < -0.3 is 4.90 Å². The number of hydrogen-bond donors (Lipinski definition) is 0. The van der Waals surface area contributed by atoms with E-state index < -0.39 is 0 Å². The van der Waals surface area contributed by atoms with E-state index in [1.807, 2.05) is 24.3 Å². The molecule has 0 aliphatic rings. The van der Waals surface area contributed by atoms with Crippen LogP contribution in [0.25, 0.3) is 16.0 Å². The Morgan fingerprint density at radius 1 is 0.929 bits per heavy atom. The molecule has 5 heteroatoms. The van der Waals surface area contributed by atoms with Crippen molar-refractivity contribution < 1.29 is 9.59 Å². The maximum Gasteiger partial charge on any atom is 0.241 e. The van der Waals surface area contributed by atoms with E-state index >= 15 is 0 Å². The van der Waals surface area contributed by atoms with Gasteiger partial charge in [0.2, 0.25) is 5.91 Å². The first-order chi connectivity index (χ1) is 13.5. The highest BCUT2D eigenvalue weighted by molar-refractivity contribution is 6.29. The number of para-hydroxylation sites is 1. The van der Waals surface area contributed by atoms with E-state index in [9.17, 15) is 9.59 Å². The number of carbonyl (C=O) groups is 2. The predicted molar refractivity (Wildman–Crippen MR) is 112 cm³/mol. The Bertz CT molecular complexity index is 1050. The quantitative estimate of drug-likeness (QED) is 0.336. The number of rotatable bonds is 5. The van der Waals surface area contributed by atoms with Crippen LogP contribution in [0.1, 0.15) is 15.9 Å². The number of benzene rings is 3. The van der Waals surface area contributed by atoms with Crippen molar-refractivity contribution in [3.63, 3.8) is 0 Å². The normalized spacial score (nSPS) is 10.2. The van der Waals surface area contributed by atoms with Gasteiger partial charge in [-0.2, -0.15) is 0 Å². The molecule has 3 aromatic carbocycles. The highest BCUT2D eigenvalue weighted by Crippen LogP contribution is 2.26. The van der Waals surface area contributed by atoms with Gasteiger partial charge in [-0.05, 0) is 23.3 Å². The summed E-state index contributed by atoms with van der Waals surface area (Å²) in [5.41, 5.74) is 4.01. The lowest BCUT2D eigenvalue weighted by Crippen LogP contribution is -2.28. The van der Waals surface area contributed by atoms with Gasteiger partial charge in [0.05, 0.1) is 12.3 Å². The molecule has 0 saturated carbocycles. The minimum Gasteiger partial charge on any atom is -0.314 e. The third-order valence-corrected chi connectivity index (χ3v) is 4.70. The van der Waals surface area contributed by atoms with Crippen molar-refractivity contribution in [2.75, 3.05) is 17.8 Å². The molecule has 0 aliphatic carbocycles. The van der Waals surface area contributed by atoms with E-state index in [-0.39, 0.29) is 17.6 Å². The molecule has 0 heterocycles. The lowest BCUT2D eigenvalue weighted by Gasteiger charge is -2.19. The van der Waals surface area contributed by atoms with Crippen LogP contribution in [0.2, 0.25) is 0 Å². The summed E-state index contributed by atoms with van der Waals surface area (Å²) in [5.74, 6) is -0.597. The Morgan fingerprint density at radius 2 is 1.50 bits per heavy atom. The molecular formula is C23H17ClN2O2. The average Bonchev–Trinajstić information content (AvgIpc) is 2.77.